The first-order chi connectivity index (χ1) is 9.13. The average molecular weight is 259 g/mol. The topological polar surface area (TPSA) is 85.0 Å². The number of hydrogen-bond donors (Lipinski definition) is 3. The van der Waals surface area contributed by atoms with Crippen molar-refractivity contribution in [1.29, 1.82) is 0 Å². The largest absolute Gasteiger partial charge is 0.399 e. The van der Waals surface area contributed by atoms with Crippen molar-refractivity contribution in [2.75, 3.05) is 11.1 Å². The van der Waals surface area contributed by atoms with E-state index in [-0.39, 0.29) is 12.1 Å². The van der Waals surface area contributed by atoms with E-state index in [4.69, 9.17) is 5.73 Å². The van der Waals surface area contributed by atoms with Gasteiger partial charge < -0.3 is 16.4 Å². The van der Waals surface area contributed by atoms with Crippen LogP contribution in [0.15, 0.2) is 42.7 Å². The molecular formula is C13H17N5O. The molecule has 6 heteroatoms. The minimum atomic E-state index is -0.246. The number of anilines is 2. The van der Waals surface area contributed by atoms with Crippen LogP contribution in [-0.2, 0) is 6.54 Å². The maximum atomic E-state index is 11.8. The molecule has 0 spiro atoms. The lowest BCUT2D eigenvalue weighted by atomic mass is 10.3. The Morgan fingerprint density at radius 2 is 2.16 bits per heavy atom. The van der Waals surface area contributed by atoms with Crippen LogP contribution in [0.25, 0.3) is 0 Å². The maximum Gasteiger partial charge on any atom is 0.319 e. The lowest BCUT2D eigenvalue weighted by Gasteiger charge is -2.14. The molecule has 0 fully saturated rings. The summed E-state index contributed by atoms with van der Waals surface area (Å²) in [6.45, 7) is 2.55. The van der Waals surface area contributed by atoms with Crippen LogP contribution >= 0.6 is 0 Å². The second-order valence-electron chi connectivity index (χ2n) is 4.35. The zero-order valence-electron chi connectivity index (χ0n) is 10.7. The fourth-order valence-electron chi connectivity index (χ4n) is 1.69. The van der Waals surface area contributed by atoms with Gasteiger partial charge >= 0.3 is 6.03 Å². The van der Waals surface area contributed by atoms with E-state index in [9.17, 15) is 4.79 Å². The third-order valence-corrected chi connectivity index (χ3v) is 2.57. The highest BCUT2D eigenvalue weighted by molar-refractivity contribution is 5.89. The number of carbonyl (C=O) groups is 1. The first-order valence-corrected chi connectivity index (χ1v) is 6.04. The molecule has 2 amide bonds. The number of aromatic nitrogens is 2. The van der Waals surface area contributed by atoms with Crippen LogP contribution < -0.4 is 16.4 Å². The van der Waals surface area contributed by atoms with Crippen molar-refractivity contribution >= 4 is 17.4 Å². The lowest BCUT2D eigenvalue weighted by molar-refractivity contribution is 0.247. The van der Waals surface area contributed by atoms with Crippen molar-refractivity contribution in [3.8, 4) is 0 Å². The smallest absolute Gasteiger partial charge is 0.319 e. The summed E-state index contributed by atoms with van der Waals surface area (Å²) >= 11 is 0. The Bertz CT molecular complexity index is 520. The molecule has 0 saturated heterocycles. The summed E-state index contributed by atoms with van der Waals surface area (Å²) in [5.41, 5.74) is 6.95. The zero-order valence-corrected chi connectivity index (χ0v) is 10.7. The summed E-state index contributed by atoms with van der Waals surface area (Å²) in [7, 11) is 0. The van der Waals surface area contributed by atoms with Gasteiger partial charge in [-0.2, -0.15) is 5.10 Å². The summed E-state index contributed by atoms with van der Waals surface area (Å²) < 4.78 is 1.77. The molecule has 4 N–H and O–H groups in total. The van der Waals surface area contributed by atoms with Gasteiger partial charge in [0.1, 0.15) is 0 Å². The van der Waals surface area contributed by atoms with Gasteiger partial charge in [-0.05, 0) is 37.3 Å². The van der Waals surface area contributed by atoms with E-state index in [2.05, 4.69) is 15.7 Å². The summed E-state index contributed by atoms with van der Waals surface area (Å²) in [5.74, 6) is 0. The van der Waals surface area contributed by atoms with Crippen molar-refractivity contribution in [3.05, 3.63) is 42.7 Å². The molecule has 100 valence electrons. The number of nitrogens with two attached hydrogens (primary N) is 1. The van der Waals surface area contributed by atoms with Crippen molar-refractivity contribution in [1.82, 2.24) is 15.1 Å². The average Bonchev–Trinajstić information content (AvgIpc) is 2.84. The normalized spacial score (nSPS) is 11.8. The van der Waals surface area contributed by atoms with Crippen LogP contribution in [0.1, 0.15) is 6.92 Å². The van der Waals surface area contributed by atoms with E-state index in [1.165, 1.54) is 0 Å². The molecule has 1 atom stereocenters. The summed E-state index contributed by atoms with van der Waals surface area (Å²) in [6.07, 6.45) is 3.57. The lowest BCUT2D eigenvalue weighted by Crippen LogP contribution is -2.38. The molecular weight excluding hydrogens is 242 g/mol. The number of nitrogens with one attached hydrogen (secondary N) is 2. The quantitative estimate of drug-likeness (QED) is 0.730. The van der Waals surface area contributed by atoms with Gasteiger partial charge in [0.15, 0.2) is 0 Å². The van der Waals surface area contributed by atoms with E-state index in [0.29, 0.717) is 17.9 Å². The van der Waals surface area contributed by atoms with Gasteiger partial charge in [-0.3, -0.25) is 4.68 Å². The standard InChI is InChI=1S/C13H17N5O/c1-10(9-18-8-2-7-15-18)16-13(19)17-12-5-3-11(14)4-6-12/h2-8,10H,9,14H2,1H3,(H2,16,17,19). The second kappa shape index (κ2) is 5.90. The van der Waals surface area contributed by atoms with E-state index in [1.54, 1.807) is 35.1 Å². The van der Waals surface area contributed by atoms with Crippen molar-refractivity contribution in [3.63, 3.8) is 0 Å². The molecule has 6 nitrogen and oxygen atoms in total. The highest BCUT2D eigenvalue weighted by atomic mass is 16.2. The molecule has 1 aromatic carbocycles. The maximum absolute atomic E-state index is 11.8. The van der Waals surface area contributed by atoms with Gasteiger partial charge in [-0.15, -0.1) is 0 Å². The predicted octanol–water partition coefficient (Wildman–Crippen LogP) is 1.68. The molecule has 0 saturated carbocycles. The number of nitrogen functional groups attached to an aromatic ring is 1. The number of hydrogen-bond acceptors (Lipinski definition) is 3. The number of amides is 2. The highest BCUT2D eigenvalue weighted by Crippen LogP contribution is 2.10. The molecule has 0 radical (unpaired) electrons. The van der Waals surface area contributed by atoms with Crippen LogP contribution in [-0.4, -0.2) is 21.9 Å². The molecule has 0 aliphatic rings. The number of benzene rings is 1. The SMILES string of the molecule is CC(Cn1cccn1)NC(=O)Nc1ccc(N)cc1. The Morgan fingerprint density at radius 1 is 1.42 bits per heavy atom. The number of rotatable bonds is 4. The van der Waals surface area contributed by atoms with Gasteiger partial charge in [0.25, 0.3) is 0 Å². The fraction of sp³-hybridized carbons (Fsp3) is 0.231. The Balaban J connectivity index is 1.82. The monoisotopic (exact) mass is 259 g/mol. The Kier molecular flexibility index (Phi) is 4.02. The molecule has 2 aromatic rings. The first-order valence-electron chi connectivity index (χ1n) is 6.04. The minimum absolute atomic E-state index is 0.0197. The van der Waals surface area contributed by atoms with Gasteiger partial charge in [0.05, 0.1) is 6.54 Å². The van der Waals surface area contributed by atoms with E-state index in [0.717, 1.165) is 0 Å². The molecule has 0 aliphatic heterocycles. The summed E-state index contributed by atoms with van der Waals surface area (Å²) in [4.78, 5) is 11.8. The zero-order chi connectivity index (χ0) is 13.7. The highest BCUT2D eigenvalue weighted by Gasteiger charge is 2.08. The molecule has 1 heterocycles. The van der Waals surface area contributed by atoms with Crippen LogP contribution in [0, 0.1) is 0 Å². The van der Waals surface area contributed by atoms with Gasteiger partial charge in [-0.25, -0.2) is 4.79 Å². The summed E-state index contributed by atoms with van der Waals surface area (Å²) in [6, 6.07) is 8.57. The number of urea groups is 1. The van der Waals surface area contributed by atoms with Gasteiger partial charge in [0.2, 0.25) is 0 Å². The van der Waals surface area contributed by atoms with E-state index >= 15 is 0 Å². The Labute approximate surface area is 111 Å². The first kappa shape index (κ1) is 12.9. The molecule has 19 heavy (non-hydrogen) atoms. The van der Waals surface area contributed by atoms with E-state index < -0.39 is 0 Å². The van der Waals surface area contributed by atoms with Crippen LogP contribution in [0.2, 0.25) is 0 Å². The molecule has 0 aliphatic carbocycles. The van der Waals surface area contributed by atoms with Crippen molar-refractivity contribution < 1.29 is 4.79 Å². The summed E-state index contributed by atoms with van der Waals surface area (Å²) in [5, 5.41) is 9.67. The van der Waals surface area contributed by atoms with Crippen LogP contribution in [0.4, 0.5) is 16.2 Å². The third-order valence-electron chi connectivity index (χ3n) is 2.57. The fourth-order valence-corrected chi connectivity index (χ4v) is 1.69. The molecule has 2 rings (SSSR count). The van der Waals surface area contributed by atoms with Crippen molar-refractivity contribution in [2.24, 2.45) is 0 Å². The Hall–Kier alpha value is -2.50. The van der Waals surface area contributed by atoms with Crippen molar-refractivity contribution in [2.45, 2.75) is 19.5 Å². The molecule has 1 aromatic heterocycles. The predicted molar refractivity (Wildman–Crippen MR) is 74.7 cm³/mol. The number of nitrogens with zero attached hydrogens (tertiary/aromatic N) is 2. The third kappa shape index (κ3) is 4.02. The molecule has 0 bridgehead atoms. The number of carbonyl (C=O) groups excluding carboxylic acids is 1. The van der Waals surface area contributed by atoms with Gasteiger partial charge in [0, 0.05) is 29.8 Å². The van der Waals surface area contributed by atoms with Crippen LogP contribution in [0.5, 0.6) is 0 Å². The Morgan fingerprint density at radius 3 is 2.79 bits per heavy atom. The van der Waals surface area contributed by atoms with Gasteiger partial charge in [-0.1, -0.05) is 0 Å². The van der Waals surface area contributed by atoms with E-state index in [1.807, 2.05) is 19.2 Å². The van der Waals surface area contributed by atoms with Crippen LogP contribution in [0.3, 0.4) is 0 Å². The molecule has 1 unspecified atom stereocenters. The second-order valence-corrected chi connectivity index (χ2v) is 4.35. The minimum Gasteiger partial charge on any atom is -0.399 e.